The number of rotatable bonds is 18. The van der Waals surface area contributed by atoms with Gasteiger partial charge in [0.15, 0.2) is 6.61 Å². The second-order valence-corrected chi connectivity index (χ2v) is 12.0. The van der Waals surface area contributed by atoms with Gasteiger partial charge in [0.2, 0.25) is 5.96 Å². The molecule has 0 aliphatic heterocycles. The summed E-state index contributed by atoms with van der Waals surface area (Å²) in [6, 6.07) is 0. The minimum absolute atomic E-state index is 0.343. The Morgan fingerprint density at radius 3 is 1.81 bits per heavy atom. The molecular weight excluding hydrogens is 558 g/mol. The van der Waals surface area contributed by atoms with Crippen molar-refractivity contribution in [3.63, 3.8) is 0 Å². The van der Waals surface area contributed by atoms with Crippen LogP contribution in [0, 0.1) is 0 Å². The van der Waals surface area contributed by atoms with Crippen molar-refractivity contribution in [1.29, 1.82) is 0 Å². The third-order valence-corrected chi connectivity index (χ3v) is 5.53. The van der Waals surface area contributed by atoms with Gasteiger partial charge >= 0.3 is 18.3 Å². The fourth-order valence-electron chi connectivity index (χ4n) is 3.54. The molecule has 0 heterocycles. The maximum absolute atomic E-state index is 12.5. The minimum Gasteiger partial charge on any atom is -0.444 e. The topological polar surface area (TPSA) is 172 Å². The Hall–Kier alpha value is -3.29. The highest BCUT2D eigenvalue weighted by Crippen LogP contribution is 2.11. The Bertz CT molecular complexity index is 855. The van der Waals surface area contributed by atoms with Crippen LogP contribution in [0.3, 0.4) is 0 Å². The third-order valence-electron chi connectivity index (χ3n) is 5.53. The summed E-state index contributed by atoms with van der Waals surface area (Å²) in [5, 5.41) is 14.1. The summed E-state index contributed by atoms with van der Waals surface area (Å²) in [6.45, 7) is 13.9. The Kier molecular flexibility index (Phi) is 20.6. The van der Waals surface area contributed by atoms with Crippen LogP contribution in [-0.2, 0) is 19.0 Å². The van der Waals surface area contributed by atoms with Gasteiger partial charge in [-0.3, -0.25) is 15.1 Å². The second-order valence-electron chi connectivity index (χ2n) is 12.0. The van der Waals surface area contributed by atoms with Gasteiger partial charge in [-0.15, -0.1) is 0 Å². The summed E-state index contributed by atoms with van der Waals surface area (Å²) >= 11 is 0. The van der Waals surface area contributed by atoms with Crippen LogP contribution in [0.15, 0.2) is 4.99 Å². The maximum Gasteiger partial charge on any atom is 0.414 e. The molecule has 0 bridgehead atoms. The Labute approximate surface area is 257 Å². The van der Waals surface area contributed by atoms with Crippen molar-refractivity contribution < 1.29 is 33.4 Å². The summed E-state index contributed by atoms with van der Waals surface area (Å²) in [4.78, 5) is 53.8. The molecule has 0 unspecified atom stereocenters. The van der Waals surface area contributed by atoms with Crippen molar-refractivity contribution in [2.45, 2.75) is 97.7 Å². The van der Waals surface area contributed by atoms with Crippen molar-refractivity contribution >= 4 is 30.1 Å². The van der Waals surface area contributed by atoms with Gasteiger partial charge in [0.25, 0.3) is 5.91 Å². The van der Waals surface area contributed by atoms with Crippen LogP contribution in [0.4, 0.5) is 14.4 Å². The number of amides is 4. The summed E-state index contributed by atoms with van der Waals surface area (Å²) in [5.41, 5.74) is -1.15. The Morgan fingerprint density at radius 2 is 1.23 bits per heavy atom. The van der Waals surface area contributed by atoms with E-state index in [4.69, 9.17) is 14.2 Å². The SMILES string of the molecule is CN=C(NCCCCCCNC(=O)COC(=O)NCCCCN(CCCNC)C(=O)OC(C)(C)C)NC(=O)OC(C)(C)C. The van der Waals surface area contributed by atoms with Crippen molar-refractivity contribution in [2.24, 2.45) is 4.99 Å². The molecule has 0 saturated heterocycles. The number of hydrogen-bond acceptors (Lipinski definition) is 9. The monoisotopic (exact) mass is 615 g/mol. The molecule has 0 rings (SSSR count). The van der Waals surface area contributed by atoms with Gasteiger partial charge < -0.3 is 40.4 Å². The van der Waals surface area contributed by atoms with E-state index in [9.17, 15) is 19.2 Å². The first kappa shape index (κ1) is 39.7. The number of unbranched alkanes of at least 4 members (excludes halogenated alkanes) is 4. The van der Waals surface area contributed by atoms with Crippen LogP contribution in [-0.4, -0.2) is 106 Å². The summed E-state index contributed by atoms with van der Waals surface area (Å²) in [5.74, 6) is -0.00504. The van der Waals surface area contributed by atoms with Crippen molar-refractivity contribution in [3.05, 3.63) is 0 Å². The van der Waals surface area contributed by atoms with Crippen LogP contribution in [0.1, 0.15) is 86.5 Å². The lowest BCUT2D eigenvalue weighted by Crippen LogP contribution is -2.43. The van der Waals surface area contributed by atoms with E-state index in [1.807, 2.05) is 27.8 Å². The van der Waals surface area contributed by atoms with Crippen molar-refractivity contribution in [2.75, 3.05) is 60.0 Å². The van der Waals surface area contributed by atoms with Crippen LogP contribution in [0.2, 0.25) is 0 Å². The number of carbonyl (C=O) groups is 4. The highest BCUT2D eigenvalue weighted by Gasteiger charge is 2.21. The fourth-order valence-corrected chi connectivity index (χ4v) is 3.54. The second kappa shape index (κ2) is 22.3. The number of aliphatic imine (C=N–C) groups is 1. The lowest BCUT2D eigenvalue weighted by Gasteiger charge is -2.27. The highest BCUT2D eigenvalue weighted by molar-refractivity contribution is 5.93. The highest BCUT2D eigenvalue weighted by atomic mass is 16.6. The average molecular weight is 616 g/mol. The number of ether oxygens (including phenoxy) is 3. The molecule has 0 aliphatic rings. The molecule has 250 valence electrons. The lowest BCUT2D eigenvalue weighted by molar-refractivity contribution is -0.123. The molecule has 0 atom stereocenters. The molecule has 0 aromatic rings. The van der Waals surface area contributed by atoms with Crippen LogP contribution in [0.25, 0.3) is 0 Å². The molecule has 43 heavy (non-hydrogen) atoms. The quantitative estimate of drug-likeness (QED) is 0.0672. The number of hydrogen-bond donors (Lipinski definition) is 5. The van der Waals surface area contributed by atoms with Gasteiger partial charge in [-0.25, -0.2) is 14.4 Å². The van der Waals surface area contributed by atoms with E-state index >= 15 is 0 Å². The zero-order chi connectivity index (χ0) is 32.7. The largest absolute Gasteiger partial charge is 0.444 e. The molecule has 0 aromatic heterocycles. The molecule has 0 radical (unpaired) electrons. The standard InChI is InChI=1S/C29H57N7O7/c1-28(2,3)42-26(39)35-24(31-8)33-18-12-10-9-11-17-32-23(37)22-41-25(38)34-19-13-14-20-36(21-15-16-30-7)27(40)43-29(4,5)6/h30H,9-22H2,1-8H3,(H,32,37)(H,34,38)(H2,31,33,35,39). The zero-order valence-electron chi connectivity index (χ0n) is 27.7. The molecular formula is C29H57N7O7. The first-order valence-electron chi connectivity index (χ1n) is 15.2. The molecule has 0 saturated carbocycles. The Balaban J connectivity index is 3.94. The van der Waals surface area contributed by atoms with E-state index in [2.05, 4.69) is 31.6 Å². The lowest BCUT2D eigenvalue weighted by atomic mass is 10.2. The Morgan fingerprint density at radius 1 is 0.674 bits per heavy atom. The van der Waals surface area contributed by atoms with Crippen LogP contribution >= 0.6 is 0 Å². The summed E-state index contributed by atoms with van der Waals surface area (Å²) < 4.78 is 15.7. The predicted octanol–water partition coefficient (Wildman–Crippen LogP) is 3.12. The van der Waals surface area contributed by atoms with Crippen LogP contribution in [0.5, 0.6) is 0 Å². The molecule has 0 aliphatic carbocycles. The van der Waals surface area contributed by atoms with Gasteiger partial charge in [0, 0.05) is 39.8 Å². The van der Waals surface area contributed by atoms with Gasteiger partial charge in [0.05, 0.1) is 0 Å². The first-order chi connectivity index (χ1) is 20.2. The molecule has 0 spiro atoms. The minimum atomic E-state index is -0.656. The van der Waals surface area contributed by atoms with Gasteiger partial charge in [-0.1, -0.05) is 12.8 Å². The van der Waals surface area contributed by atoms with E-state index in [1.165, 1.54) is 0 Å². The maximum atomic E-state index is 12.5. The van der Waals surface area contributed by atoms with Crippen LogP contribution < -0.4 is 26.6 Å². The third kappa shape index (κ3) is 25.0. The zero-order valence-corrected chi connectivity index (χ0v) is 27.7. The van der Waals surface area contributed by atoms with E-state index < -0.39 is 23.4 Å². The smallest absolute Gasteiger partial charge is 0.414 e. The number of alkyl carbamates (subject to hydrolysis) is 2. The van der Waals surface area contributed by atoms with E-state index in [-0.39, 0.29) is 18.6 Å². The molecule has 0 fully saturated rings. The van der Waals surface area contributed by atoms with Crippen molar-refractivity contribution in [1.82, 2.24) is 31.5 Å². The molecule has 14 heteroatoms. The van der Waals surface area contributed by atoms with Crippen molar-refractivity contribution in [3.8, 4) is 0 Å². The number of carbonyl (C=O) groups excluding carboxylic acids is 4. The molecule has 4 amide bonds. The van der Waals surface area contributed by atoms with E-state index in [0.717, 1.165) is 38.6 Å². The molecule has 5 N–H and O–H groups in total. The first-order valence-corrected chi connectivity index (χ1v) is 15.2. The molecule has 14 nitrogen and oxygen atoms in total. The molecule has 0 aromatic carbocycles. The number of nitrogens with one attached hydrogen (secondary N) is 5. The summed E-state index contributed by atoms with van der Waals surface area (Å²) in [6.07, 6.45) is 4.07. The van der Waals surface area contributed by atoms with Gasteiger partial charge in [-0.2, -0.15) is 0 Å². The van der Waals surface area contributed by atoms with E-state index in [1.54, 1.807) is 32.7 Å². The normalized spacial score (nSPS) is 11.8. The van der Waals surface area contributed by atoms with Gasteiger partial charge in [0.1, 0.15) is 11.2 Å². The number of nitrogens with zero attached hydrogens (tertiary/aromatic N) is 2. The fraction of sp³-hybridized carbons (Fsp3) is 0.828. The predicted molar refractivity (Wildman–Crippen MR) is 167 cm³/mol. The number of guanidine groups is 1. The van der Waals surface area contributed by atoms with E-state index in [0.29, 0.717) is 51.5 Å². The van der Waals surface area contributed by atoms with Gasteiger partial charge in [-0.05, 0) is 87.2 Å². The summed E-state index contributed by atoms with van der Waals surface area (Å²) in [7, 11) is 3.44. The average Bonchev–Trinajstić information content (AvgIpc) is 2.89.